The third-order valence-electron chi connectivity index (χ3n) is 2.67. The highest BCUT2D eigenvalue weighted by Gasteiger charge is 2.33. The van der Waals surface area contributed by atoms with Gasteiger partial charge >= 0.3 is 11.9 Å². The molecule has 0 aliphatic carbocycles. The number of hydrogen-bond acceptors (Lipinski definition) is 6. The molecular weight excluding hydrogens is 280 g/mol. The fourth-order valence-electron chi connectivity index (χ4n) is 1.76. The van der Waals surface area contributed by atoms with Gasteiger partial charge in [-0.25, -0.2) is 4.79 Å². The van der Waals surface area contributed by atoms with Gasteiger partial charge in [-0.3, -0.25) is 4.79 Å². The highest BCUT2D eigenvalue weighted by Crippen LogP contribution is 2.29. The molecule has 0 saturated carbocycles. The summed E-state index contributed by atoms with van der Waals surface area (Å²) < 4.78 is 15.8. The zero-order chi connectivity index (χ0) is 14.5. The molecule has 0 spiro atoms. The Labute approximate surface area is 121 Å². The number of benzene rings is 1. The third kappa shape index (κ3) is 3.98. The Morgan fingerprint density at radius 1 is 1.35 bits per heavy atom. The van der Waals surface area contributed by atoms with E-state index in [4.69, 9.17) is 14.2 Å². The van der Waals surface area contributed by atoms with Gasteiger partial charge in [-0.05, 0) is 19.1 Å². The summed E-state index contributed by atoms with van der Waals surface area (Å²) in [7, 11) is 0. The minimum atomic E-state index is -0.569. The summed E-state index contributed by atoms with van der Waals surface area (Å²) in [5.74, 6) is -0.235. The van der Waals surface area contributed by atoms with Crippen LogP contribution in [0.3, 0.4) is 0 Å². The van der Waals surface area contributed by atoms with Gasteiger partial charge in [-0.1, -0.05) is 18.2 Å². The summed E-state index contributed by atoms with van der Waals surface area (Å²) in [5.41, 5.74) is 0.172. The van der Waals surface area contributed by atoms with Crippen molar-refractivity contribution in [2.75, 3.05) is 5.75 Å². The quantitative estimate of drug-likeness (QED) is 0.794. The predicted octanol–water partition coefficient (Wildman–Crippen LogP) is 2.21. The van der Waals surface area contributed by atoms with Crippen molar-refractivity contribution in [1.82, 2.24) is 0 Å². The van der Waals surface area contributed by atoms with Crippen LogP contribution in [0.25, 0.3) is 0 Å². The van der Waals surface area contributed by atoms with Gasteiger partial charge in [0.25, 0.3) is 0 Å². The van der Waals surface area contributed by atoms with Crippen LogP contribution in [0.15, 0.2) is 30.3 Å². The molecule has 0 radical (unpaired) electrons. The van der Waals surface area contributed by atoms with E-state index >= 15 is 0 Å². The van der Waals surface area contributed by atoms with Crippen molar-refractivity contribution < 1.29 is 23.8 Å². The van der Waals surface area contributed by atoms with E-state index in [1.165, 1.54) is 18.7 Å². The van der Waals surface area contributed by atoms with E-state index in [2.05, 4.69) is 0 Å². The van der Waals surface area contributed by atoms with E-state index in [9.17, 15) is 9.59 Å². The summed E-state index contributed by atoms with van der Waals surface area (Å²) in [4.78, 5) is 22.7. The maximum atomic E-state index is 11.9. The summed E-state index contributed by atoms with van der Waals surface area (Å²) in [6.45, 7) is 3.09. The Hall–Kier alpha value is -1.53. The van der Waals surface area contributed by atoms with Crippen molar-refractivity contribution in [3.63, 3.8) is 0 Å². The number of ether oxygens (including phenoxy) is 3. The van der Waals surface area contributed by atoms with Crippen LogP contribution in [-0.4, -0.2) is 35.5 Å². The van der Waals surface area contributed by atoms with Crippen molar-refractivity contribution in [3.8, 4) is 0 Å². The zero-order valence-corrected chi connectivity index (χ0v) is 12.1. The first-order valence-electron chi connectivity index (χ1n) is 6.26. The lowest BCUT2D eigenvalue weighted by Gasteiger charge is -2.19. The molecular formula is C14H16O5S. The second-order valence-electron chi connectivity index (χ2n) is 4.35. The molecule has 0 amide bonds. The van der Waals surface area contributed by atoms with E-state index in [1.807, 2.05) is 6.07 Å². The second-order valence-corrected chi connectivity index (χ2v) is 5.48. The molecule has 20 heavy (non-hydrogen) atoms. The van der Waals surface area contributed by atoms with Gasteiger partial charge in [-0.15, -0.1) is 11.8 Å². The molecule has 108 valence electrons. The highest BCUT2D eigenvalue weighted by atomic mass is 32.2. The fourth-order valence-corrected chi connectivity index (χ4v) is 2.78. The van der Waals surface area contributed by atoms with Crippen LogP contribution >= 0.6 is 11.8 Å². The van der Waals surface area contributed by atoms with E-state index < -0.39 is 18.4 Å². The monoisotopic (exact) mass is 296 g/mol. The zero-order valence-electron chi connectivity index (χ0n) is 11.3. The van der Waals surface area contributed by atoms with Crippen LogP contribution < -0.4 is 0 Å². The molecule has 3 unspecified atom stereocenters. The van der Waals surface area contributed by atoms with Crippen LogP contribution in [0.4, 0.5) is 0 Å². The summed E-state index contributed by atoms with van der Waals surface area (Å²) >= 11 is 1.46. The average molecular weight is 296 g/mol. The molecule has 3 atom stereocenters. The minimum Gasteiger partial charge on any atom is -0.455 e. The standard InChI is InChI=1S/C14H16O5S/c1-9(14-19-12(8-20-14)18-10(2)15)17-13(16)11-6-4-3-5-7-11/h3-7,9,12,14H,8H2,1-2H3. The lowest BCUT2D eigenvalue weighted by molar-refractivity contribution is -0.175. The molecule has 6 heteroatoms. The first-order valence-corrected chi connectivity index (χ1v) is 7.31. The number of rotatable bonds is 4. The Bertz CT molecular complexity index is 476. The summed E-state index contributed by atoms with van der Waals surface area (Å²) in [5, 5.41) is 0. The topological polar surface area (TPSA) is 61.8 Å². The number of esters is 2. The van der Waals surface area contributed by atoms with Crippen LogP contribution in [0.2, 0.25) is 0 Å². The van der Waals surface area contributed by atoms with Crippen molar-refractivity contribution >= 4 is 23.7 Å². The van der Waals surface area contributed by atoms with Gasteiger partial charge < -0.3 is 14.2 Å². The number of carbonyl (C=O) groups excluding carboxylic acids is 2. The lowest BCUT2D eigenvalue weighted by Crippen LogP contribution is -2.28. The van der Waals surface area contributed by atoms with E-state index in [-0.39, 0.29) is 11.4 Å². The number of thioether (sulfide) groups is 1. The first-order chi connectivity index (χ1) is 9.56. The van der Waals surface area contributed by atoms with Crippen LogP contribution in [0.1, 0.15) is 24.2 Å². The van der Waals surface area contributed by atoms with Gasteiger partial charge in [-0.2, -0.15) is 0 Å². The molecule has 1 heterocycles. The van der Waals surface area contributed by atoms with E-state index in [1.54, 1.807) is 31.2 Å². The van der Waals surface area contributed by atoms with Gasteiger partial charge in [0.2, 0.25) is 6.29 Å². The second kappa shape index (κ2) is 6.76. The smallest absolute Gasteiger partial charge is 0.338 e. The molecule has 1 aliphatic rings. The van der Waals surface area contributed by atoms with Crippen LogP contribution in [0, 0.1) is 0 Å². The molecule has 2 rings (SSSR count). The summed E-state index contributed by atoms with van der Waals surface area (Å²) in [6.07, 6.45) is -0.992. The Morgan fingerprint density at radius 3 is 2.70 bits per heavy atom. The first kappa shape index (κ1) is 14.9. The Balaban J connectivity index is 1.85. The number of hydrogen-bond donors (Lipinski definition) is 0. The maximum absolute atomic E-state index is 11.9. The predicted molar refractivity (Wildman–Crippen MR) is 74.2 cm³/mol. The molecule has 1 aliphatic heterocycles. The van der Waals surface area contributed by atoms with E-state index in [0.29, 0.717) is 11.3 Å². The maximum Gasteiger partial charge on any atom is 0.338 e. The third-order valence-corrected chi connectivity index (χ3v) is 3.95. The lowest BCUT2D eigenvalue weighted by atomic mass is 10.2. The van der Waals surface area contributed by atoms with Crippen LogP contribution in [0.5, 0.6) is 0 Å². The Morgan fingerprint density at radius 2 is 2.05 bits per heavy atom. The van der Waals surface area contributed by atoms with Gasteiger partial charge in [0.15, 0.2) is 0 Å². The SMILES string of the molecule is CC(=O)OC1CSC(C(C)OC(=O)c2ccccc2)O1. The van der Waals surface area contributed by atoms with Gasteiger partial charge in [0.1, 0.15) is 11.5 Å². The van der Waals surface area contributed by atoms with Gasteiger partial charge in [0, 0.05) is 6.92 Å². The van der Waals surface area contributed by atoms with Crippen molar-refractivity contribution in [1.29, 1.82) is 0 Å². The van der Waals surface area contributed by atoms with E-state index in [0.717, 1.165) is 0 Å². The largest absolute Gasteiger partial charge is 0.455 e. The molecule has 5 nitrogen and oxygen atoms in total. The molecule has 0 aromatic heterocycles. The van der Waals surface area contributed by atoms with Crippen molar-refractivity contribution in [3.05, 3.63) is 35.9 Å². The minimum absolute atomic E-state index is 0.327. The van der Waals surface area contributed by atoms with Crippen molar-refractivity contribution in [2.24, 2.45) is 0 Å². The molecule has 0 bridgehead atoms. The molecule has 0 N–H and O–H groups in total. The highest BCUT2D eigenvalue weighted by molar-refractivity contribution is 8.00. The van der Waals surface area contributed by atoms with Gasteiger partial charge in [0.05, 0.1) is 11.3 Å². The summed E-state index contributed by atoms with van der Waals surface area (Å²) in [6, 6.07) is 8.77. The fraction of sp³-hybridized carbons (Fsp3) is 0.429. The molecule has 1 aromatic carbocycles. The molecule has 1 aromatic rings. The number of carbonyl (C=O) groups is 2. The molecule has 1 fully saturated rings. The Kier molecular flexibility index (Phi) is 5.03. The average Bonchev–Trinajstić information content (AvgIpc) is 2.87. The van der Waals surface area contributed by atoms with Crippen molar-refractivity contribution in [2.45, 2.75) is 31.7 Å². The van der Waals surface area contributed by atoms with Crippen LogP contribution in [-0.2, 0) is 19.0 Å². The molecule has 1 saturated heterocycles. The normalized spacial score (nSPS) is 23.1.